The van der Waals surface area contributed by atoms with Crippen molar-refractivity contribution >= 4 is 11.9 Å². The van der Waals surface area contributed by atoms with Crippen molar-refractivity contribution < 1.29 is 47.1 Å². The van der Waals surface area contributed by atoms with Gasteiger partial charge in [0.05, 0.1) is 0 Å². The Morgan fingerprint density at radius 1 is 0.684 bits per heavy atom. The Morgan fingerprint density at radius 2 is 1.00 bits per heavy atom. The first-order chi connectivity index (χ1) is 8.54. The van der Waals surface area contributed by atoms with Gasteiger partial charge in [0, 0.05) is 11.9 Å². The van der Waals surface area contributed by atoms with Gasteiger partial charge in [-0.3, -0.25) is 0 Å². The maximum absolute atomic E-state index is 9.85. The summed E-state index contributed by atoms with van der Waals surface area (Å²) in [6, 6.07) is 0. The zero-order valence-electron chi connectivity index (χ0n) is 12.4. The van der Waals surface area contributed by atoms with Crippen LogP contribution in [-0.4, -0.2) is 11.9 Å². The second-order valence-corrected chi connectivity index (χ2v) is 4.37. The summed E-state index contributed by atoms with van der Waals surface area (Å²) in [5.74, 6) is -1.85. The Kier molecular flexibility index (Phi) is 25.4. The van der Waals surface area contributed by atoms with Gasteiger partial charge in [-0.05, 0) is 25.7 Å². The number of unbranched alkanes of at least 4 members (excludes halogenated alkanes) is 6. The Labute approximate surface area is 137 Å². The Bertz CT molecular complexity index is 186. The standard InChI is InChI=1S/2C7H14O2.Cd/c2*1-2-3-4-5-6-7(8)9;/h2*2-6H2,1H3,(H,8,9);/q;;+2/p-2. The summed E-state index contributed by atoms with van der Waals surface area (Å²) in [5.41, 5.74) is 0. The fraction of sp³-hybridized carbons (Fsp3) is 0.857. The van der Waals surface area contributed by atoms with Gasteiger partial charge in [-0.2, -0.15) is 0 Å². The van der Waals surface area contributed by atoms with Gasteiger partial charge >= 0.3 is 27.3 Å². The molecule has 0 aliphatic rings. The molecule has 0 spiro atoms. The number of aliphatic carboxylic acids is 2. The van der Waals surface area contributed by atoms with E-state index in [-0.39, 0.29) is 40.1 Å². The van der Waals surface area contributed by atoms with Gasteiger partial charge in [0.25, 0.3) is 0 Å². The molecular formula is C14H26CdO4. The fourth-order valence-corrected chi connectivity index (χ4v) is 1.39. The molecule has 0 fully saturated rings. The molecule has 5 heteroatoms. The van der Waals surface area contributed by atoms with Crippen LogP contribution in [0.5, 0.6) is 0 Å². The van der Waals surface area contributed by atoms with E-state index in [4.69, 9.17) is 0 Å². The predicted molar refractivity (Wildman–Crippen MR) is 67.5 cm³/mol. The number of hydrogen-bond acceptors (Lipinski definition) is 4. The first-order valence-electron chi connectivity index (χ1n) is 6.94. The largest absolute Gasteiger partial charge is 2.00 e. The summed E-state index contributed by atoms with van der Waals surface area (Å²) >= 11 is 0. The third kappa shape index (κ3) is 31.9. The number of rotatable bonds is 10. The van der Waals surface area contributed by atoms with Crippen LogP contribution in [0.25, 0.3) is 0 Å². The van der Waals surface area contributed by atoms with Gasteiger partial charge in [0.15, 0.2) is 0 Å². The summed E-state index contributed by atoms with van der Waals surface area (Å²) in [4.78, 5) is 19.7. The molecule has 19 heavy (non-hydrogen) atoms. The molecule has 0 saturated carbocycles. The van der Waals surface area contributed by atoms with E-state index in [0.29, 0.717) is 0 Å². The predicted octanol–water partition coefficient (Wildman–Crippen LogP) is 1.41. The second-order valence-electron chi connectivity index (χ2n) is 4.37. The quantitative estimate of drug-likeness (QED) is 0.430. The van der Waals surface area contributed by atoms with Crippen molar-refractivity contribution in [2.45, 2.75) is 78.1 Å². The van der Waals surface area contributed by atoms with Crippen LogP contribution < -0.4 is 10.2 Å². The number of carboxylic acids is 2. The van der Waals surface area contributed by atoms with Gasteiger partial charge < -0.3 is 19.8 Å². The second kappa shape index (κ2) is 20.2. The minimum Gasteiger partial charge on any atom is -0.550 e. The van der Waals surface area contributed by atoms with E-state index >= 15 is 0 Å². The molecule has 108 valence electrons. The molecule has 0 aliphatic carbocycles. The molecule has 0 aromatic heterocycles. The monoisotopic (exact) mass is 372 g/mol. The topological polar surface area (TPSA) is 80.3 Å². The molecule has 0 bridgehead atoms. The zero-order valence-corrected chi connectivity index (χ0v) is 16.4. The molecule has 0 rings (SSSR count). The van der Waals surface area contributed by atoms with Crippen molar-refractivity contribution in [3.05, 3.63) is 0 Å². The van der Waals surface area contributed by atoms with Crippen LogP contribution in [0, 0.1) is 0 Å². The van der Waals surface area contributed by atoms with Crippen molar-refractivity contribution in [3.8, 4) is 0 Å². The molecule has 0 atom stereocenters. The zero-order chi connectivity index (χ0) is 14.2. The third-order valence-corrected chi connectivity index (χ3v) is 2.47. The molecule has 0 heterocycles. The molecule has 0 N–H and O–H groups in total. The van der Waals surface area contributed by atoms with Gasteiger partial charge in [-0.15, -0.1) is 0 Å². The first-order valence-corrected chi connectivity index (χ1v) is 6.94. The maximum atomic E-state index is 9.85. The SMILES string of the molecule is CCCCCCC(=O)[O-].CCCCCCC(=O)[O-].[Cd+2]. The molecular weight excluding hydrogens is 345 g/mol. The van der Waals surface area contributed by atoms with Crippen molar-refractivity contribution in [3.63, 3.8) is 0 Å². The van der Waals surface area contributed by atoms with Crippen LogP contribution >= 0.6 is 0 Å². The summed E-state index contributed by atoms with van der Waals surface area (Å²) in [5, 5.41) is 19.7. The van der Waals surface area contributed by atoms with E-state index in [1.807, 2.05) is 0 Å². The average Bonchev–Trinajstić information content (AvgIpc) is 2.31. The van der Waals surface area contributed by atoms with Gasteiger partial charge in [0.1, 0.15) is 0 Å². The molecule has 4 nitrogen and oxygen atoms in total. The maximum Gasteiger partial charge on any atom is 2.00 e. The minimum absolute atomic E-state index is 0. The number of hydrogen-bond donors (Lipinski definition) is 0. The first kappa shape index (κ1) is 23.9. The van der Waals surface area contributed by atoms with Gasteiger partial charge in [0.2, 0.25) is 0 Å². The van der Waals surface area contributed by atoms with Crippen LogP contribution in [0.15, 0.2) is 0 Å². The minimum atomic E-state index is -0.925. The molecule has 0 saturated heterocycles. The molecule has 0 aliphatic heterocycles. The van der Waals surface area contributed by atoms with E-state index in [2.05, 4.69) is 13.8 Å². The summed E-state index contributed by atoms with van der Waals surface area (Å²) < 4.78 is 0. The van der Waals surface area contributed by atoms with Crippen LogP contribution in [0.1, 0.15) is 78.1 Å². The van der Waals surface area contributed by atoms with Gasteiger partial charge in [-0.1, -0.05) is 52.4 Å². The summed E-state index contributed by atoms with van der Waals surface area (Å²) in [7, 11) is 0. The Hall–Kier alpha value is -0.138. The smallest absolute Gasteiger partial charge is 0.550 e. The summed E-state index contributed by atoms with van der Waals surface area (Å²) in [6.45, 7) is 4.19. The van der Waals surface area contributed by atoms with Crippen molar-refractivity contribution in [2.24, 2.45) is 0 Å². The summed E-state index contributed by atoms with van der Waals surface area (Å²) in [6.07, 6.45) is 8.59. The molecule has 0 aromatic carbocycles. The van der Waals surface area contributed by atoms with Crippen molar-refractivity contribution in [1.82, 2.24) is 0 Å². The third-order valence-electron chi connectivity index (χ3n) is 2.47. The number of carbonyl (C=O) groups is 2. The van der Waals surface area contributed by atoms with E-state index in [1.54, 1.807) is 0 Å². The van der Waals surface area contributed by atoms with Crippen molar-refractivity contribution in [1.29, 1.82) is 0 Å². The van der Waals surface area contributed by atoms with E-state index in [1.165, 1.54) is 0 Å². The molecule has 0 aromatic rings. The van der Waals surface area contributed by atoms with Crippen LogP contribution in [0.2, 0.25) is 0 Å². The average molecular weight is 371 g/mol. The number of carboxylic acid groups (broad SMARTS) is 2. The van der Waals surface area contributed by atoms with Crippen LogP contribution in [0.3, 0.4) is 0 Å². The fourth-order valence-electron chi connectivity index (χ4n) is 1.39. The molecule has 0 radical (unpaired) electrons. The van der Waals surface area contributed by atoms with E-state index in [9.17, 15) is 19.8 Å². The van der Waals surface area contributed by atoms with E-state index < -0.39 is 11.9 Å². The van der Waals surface area contributed by atoms with Crippen LogP contribution in [0.4, 0.5) is 0 Å². The van der Waals surface area contributed by atoms with Crippen molar-refractivity contribution in [2.75, 3.05) is 0 Å². The Balaban J connectivity index is -0.000000256. The molecule has 0 unspecified atom stereocenters. The molecule has 0 amide bonds. The van der Waals surface area contributed by atoms with Crippen LogP contribution in [-0.2, 0) is 36.9 Å². The van der Waals surface area contributed by atoms with E-state index in [0.717, 1.165) is 51.4 Å². The van der Waals surface area contributed by atoms with Gasteiger partial charge in [-0.25, -0.2) is 0 Å². The normalized spacial score (nSPS) is 8.95. The number of carbonyl (C=O) groups excluding carboxylic acids is 2. The Morgan fingerprint density at radius 3 is 1.21 bits per heavy atom.